The Morgan fingerprint density at radius 3 is 2.36 bits per heavy atom. The van der Waals surface area contributed by atoms with E-state index in [4.69, 9.17) is 20.0 Å². The minimum Gasteiger partial charge on any atom is -0.327 e. The molecule has 42 heavy (non-hydrogen) atoms. The van der Waals surface area contributed by atoms with Crippen LogP contribution in [0, 0.1) is 5.92 Å². The molecule has 0 saturated carbocycles. The van der Waals surface area contributed by atoms with Crippen LogP contribution in [0.25, 0.3) is 22.9 Å². The van der Waals surface area contributed by atoms with Crippen molar-refractivity contribution in [1.29, 1.82) is 0 Å². The van der Waals surface area contributed by atoms with E-state index >= 15 is 0 Å². The van der Waals surface area contributed by atoms with Gasteiger partial charge in [-0.1, -0.05) is 80.3 Å². The Bertz CT molecular complexity index is 1960. The van der Waals surface area contributed by atoms with E-state index in [-0.39, 0.29) is 0 Å². The molecule has 0 fully saturated rings. The van der Waals surface area contributed by atoms with Crippen LogP contribution in [0.2, 0.25) is 0 Å². The van der Waals surface area contributed by atoms with Gasteiger partial charge in [-0.15, -0.1) is 0 Å². The van der Waals surface area contributed by atoms with Gasteiger partial charge in [0.05, 0.1) is 0 Å². The number of hydrogen-bond donors (Lipinski definition) is 4. The highest BCUT2D eigenvalue weighted by molar-refractivity contribution is 6.33. The van der Waals surface area contributed by atoms with Crippen molar-refractivity contribution in [2.75, 3.05) is 10.6 Å². The number of aliphatic imine (C=N–C) groups is 4. The first-order valence-electron chi connectivity index (χ1n) is 14.3. The lowest BCUT2D eigenvalue weighted by molar-refractivity contribution is 0.731. The minimum absolute atomic E-state index is 0.384. The predicted octanol–water partition coefficient (Wildman–Crippen LogP) is 8.38. The van der Waals surface area contributed by atoms with Gasteiger partial charge in [0.15, 0.2) is 17.5 Å². The third-order valence-electron chi connectivity index (χ3n) is 7.91. The van der Waals surface area contributed by atoms with Gasteiger partial charge >= 0.3 is 0 Å². The summed E-state index contributed by atoms with van der Waals surface area (Å²) in [7, 11) is 0. The van der Waals surface area contributed by atoms with E-state index in [9.17, 15) is 0 Å². The lowest BCUT2D eigenvalue weighted by atomic mass is 9.92. The zero-order chi connectivity index (χ0) is 29.0. The number of rotatable bonds is 3. The molecule has 1 aliphatic carbocycles. The number of fused-ring (bicyclic) bond motifs is 12. The fourth-order valence-corrected chi connectivity index (χ4v) is 5.85. The van der Waals surface area contributed by atoms with Gasteiger partial charge in [0.2, 0.25) is 0 Å². The molecule has 8 heteroatoms. The average Bonchev–Trinajstić information content (AvgIpc) is 3.69. The van der Waals surface area contributed by atoms with E-state index in [0.717, 1.165) is 79.7 Å². The van der Waals surface area contributed by atoms with Crippen LogP contribution < -0.4 is 10.6 Å². The Labute approximate surface area is 244 Å². The van der Waals surface area contributed by atoms with Crippen molar-refractivity contribution >= 4 is 69.5 Å². The van der Waals surface area contributed by atoms with Crippen LogP contribution in [0.5, 0.6) is 0 Å². The smallest absolute Gasteiger partial charge is 0.164 e. The van der Waals surface area contributed by atoms with Gasteiger partial charge in [-0.05, 0) is 33.1 Å². The molecule has 0 spiro atoms. The summed E-state index contributed by atoms with van der Waals surface area (Å²) in [6.07, 6.45) is 15.4. The molecule has 1 unspecified atom stereocenters. The van der Waals surface area contributed by atoms with Crippen LogP contribution in [-0.2, 0) is 0 Å². The molecule has 208 valence electrons. The molecule has 7 rings (SSSR count). The molecule has 5 heterocycles. The molecular formula is C34H32N8. The number of anilines is 3. The second-order valence-electron chi connectivity index (χ2n) is 10.8. The van der Waals surface area contributed by atoms with E-state index in [1.807, 2.05) is 57.2 Å². The summed E-state index contributed by atoms with van der Waals surface area (Å²) in [6, 6.07) is 8.19. The van der Waals surface area contributed by atoms with Gasteiger partial charge in [-0.25, -0.2) is 20.0 Å². The molecule has 0 saturated heterocycles. The molecule has 8 nitrogen and oxygen atoms in total. The van der Waals surface area contributed by atoms with E-state index in [0.29, 0.717) is 23.4 Å². The van der Waals surface area contributed by atoms with E-state index < -0.39 is 0 Å². The molecule has 8 bridgehead atoms. The monoisotopic (exact) mass is 552 g/mol. The number of nitrogens with zero attached hydrogens (tertiary/aromatic N) is 4. The van der Waals surface area contributed by atoms with Crippen molar-refractivity contribution in [3.8, 4) is 0 Å². The van der Waals surface area contributed by atoms with Crippen LogP contribution in [-0.4, -0.2) is 33.3 Å². The summed E-state index contributed by atoms with van der Waals surface area (Å²) >= 11 is 0. The lowest BCUT2D eigenvalue weighted by Gasteiger charge is -2.15. The largest absolute Gasteiger partial charge is 0.327 e. The van der Waals surface area contributed by atoms with Gasteiger partial charge < -0.3 is 20.6 Å². The molecule has 1 atom stereocenters. The zero-order valence-electron chi connectivity index (χ0n) is 24.1. The molecule has 2 aromatic heterocycles. The summed E-state index contributed by atoms with van der Waals surface area (Å²) in [5.41, 5.74) is 5.90. The summed E-state index contributed by atoms with van der Waals surface area (Å²) in [4.78, 5) is 27.2. The number of aromatic nitrogens is 2. The van der Waals surface area contributed by atoms with E-state index in [1.54, 1.807) is 0 Å². The summed E-state index contributed by atoms with van der Waals surface area (Å²) in [6.45, 7) is 12.4. The molecule has 1 aromatic carbocycles. The number of allylic oxidation sites excluding steroid dienone is 4. The van der Waals surface area contributed by atoms with Gasteiger partial charge in [-0.2, -0.15) is 0 Å². The van der Waals surface area contributed by atoms with Crippen molar-refractivity contribution in [3.63, 3.8) is 0 Å². The first-order valence-corrected chi connectivity index (χ1v) is 14.3. The van der Waals surface area contributed by atoms with E-state index in [1.165, 1.54) is 0 Å². The Balaban J connectivity index is 1.52. The molecule has 4 aliphatic rings. The molecular weight excluding hydrogens is 520 g/mol. The number of aromatic amines is 2. The second-order valence-corrected chi connectivity index (χ2v) is 10.8. The first-order chi connectivity index (χ1) is 20.5. The Morgan fingerprint density at radius 1 is 0.810 bits per heavy atom. The first kappa shape index (κ1) is 25.7. The van der Waals surface area contributed by atoms with Gasteiger partial charge in [0.25, 0.3) is 0 Å². The fourth-order valence-electron chi connectivity index (χ4n) is 5.85. The van der Waals surface area contributed by atoms with Gasteiger partial charge in [-0.3, -0.25) is 0 Å². The maximum Gasteiger partial charge on any atom is 0.164 e. The Hall–Kier alpha value is -5.24. The summed E-state index contributed by atoms with van der Waals surface area (Å²) < 4.78 is 0. The van der Waals surface area contributed by atoms with Crippen LogP contribution in [0.4, 0.5) is 23.3 Å². The topological polar surface area (TPSA) is 105 Å². The highest BCUT2D eigenvalue weighted by atomic mass is 15.2. The zero-order valence-corrected chi connectivity index (χ0v) is 24.1. The molecule has 0 amide bonds. The fraction of sp³-hybridized carbons (Fsp3) is 0.176. The van der Waals surface area contributed by atoms with Crippen LogP contribution in [0.1, 0.15) is 45.2 Å². The molecule has 3 aliphatic heterocycles. The Morgan fingerprint density at radius 2 is 1.57 bits per heavy atom. The lowest BCUT2D eigenvalue weighted by Crippen LogP contribution is -2.15. The number of benzene rings is 1. The maximum absolute atomic E-state index is 5.06. The second kappa shape index (κ2) is 9.99. The normalized spacial score (nSPS) is 19.7. The summed E-state index contributed by atoms with van der Waals surface area (Å²) in [5, 5.41) is 9.22. The van der Waals surface area contributed by atoms with Crippen molar-refractivity contribution in [2.24, 2.45) is 25.9 Å². The molecule has 4 N–H and O–H groups in total. The van der Waals surface area contributed by atoms with Crippen molar-refractivity contribution in [1.82, 2.24) is 9.97 Å². The van der Waals surface area contributed by atoms with Gasteiger partial charge in [0, 0.05) is 44.2 Å². The van der Waals surface area contributed by atoms with E-state index in [2.05, 4.69) is 64.5 Å². The Kier molecular flexibility index (Phi) is 6.12. The standard InChI is InChI=1S/C34H32N8/c1-6-11-21-19(5)27-35-29(21)39-34-26-17-18(4)15-16-25(26)33(42-34)40-30-22(12-7-2)20(8-3)28(37-30)38-32-24-14-10-9-13-23(24)31(36-27)41-32/h6-14,16-18,37-38,41H,3,15H2,1-2,4-5H3,(H,35,36,39,40,42). The van der Waals surface area contributed by atoms with Crippen LogP contribution in [0.3, 0.4) is 0 Å². The molecule has 3 aromatic rings. The predicted molar refractivity (Wildman–Crippen MR) is 178 cm³/mol. The maximum atomic E-state index is 5.06. The number of H-pyrrole nitrogens is 2. The SMILES string of the molecule is C=Cc1c2[nH]c(c1C=CC)NC1=NC(=NC3=NC(=Nc4[nH]c(c5ccccc45)N2)C(C)=C3C=CC)C2=CC(C)CC=C21. The molecule has 0 radical (unpaired) electrons. The summed E-state index contributed by atoms with van der Waals surface area (Å²) in [5.74, 6) is 6.18. The third-order valence-corrected chi connectivity index (χ3v) is 7.91. The highest BCUT2D eigenvalue weighted by Gasteiger charge is 2.31. The van der Waals surface area contributed by atoms with Crippen molar-refractivity contribution in [3.05, 3.63) is 94.6 Å². The van der Waals surface area contributed by atoms with Gasteiger partial charge in [0.1, 0.15) is 29.1 Å². The van der Waals surface area contributed by atoms with Crippen LogP contribution in [0.15, 0.2) is 103 Å². The van der Waals surface area contributed by atoms with Crippen molar-refractivity contribution < 1.29 is 0 Å². The number of hydrogen-bond acceptors (Lipinski definition) is 6. The average molecular weight is 553 g/mol. The quantitative estimate of drug-likeness (QED) is 0.262. The number of nitrogens with one attached hydrogen (secondary N) is 4. The minimum atomic E-state index is 0.384. The highest BCUT2D eigenvalue weighted by Crippen LogP contribution is 2.39. The van der Waals surface area contributed by atoms with Crippen molar-refractivity contribution in [2.45, 2.75) is 34.1 Å². The van der Waals surface area contributed by atoms with Crippen LogP contribution >= 0.6 is 0 Å². The number of amidine groups is 4. The third kappa shape index (κ3) is 4.06.